The van der Waals surface area contributed by atoms with Gasteiger partial charge in [-0.15, -0.1) is 10.2 Å². The number of likely N-dealkylation sites (tertiary alicyclic amines) is 1. The molecule has 6 rings (SSSR count). The minimum atomic E-state index is -4.26. The standard InChI is InChI=1S/C24H24F3N7O4S2/c1-11-7-12(3-6-33(11)23(35)36)18-17-13-8-14(25)16(40(37,38)32-24(2)4-5-24)9-15(13)34(20(17)29-10-28-18)22-31-30-21(39-22)19(26)27/h8-12,19,32H,3-7H2,1-2H3,(H,35,36)/t11-,12?/m0/s1. The Morgan fingerprint density at radius 2 is 2.00 bits per heavy atom. The van der Waals surface area contributed by atoms with E-state index in [0.717, 1.165) is 12.1 Å². The van der Waals surface area contributed by atoms with Crippen LogP contribution >= 0.6 is 11.3 Å². The van der Waals surface area contributed by atoms with E-state index in [-0.39, 0.29) is 40.2 Å². The van der Waals surface area contributed by atoms with E-state index in [9.17, 15) is 27.1 Å². The fourth-order valence-electron chi connectivity index (χ4n) is 5.35. The van der Waals surface area contributed by atoms with Crippen molar-refractivity contribution in [3.05, 3.63) is 35.0 Å². The molecule has 0 radical (unpaired) electrons. The highest BCUT2D eigenvalue weighted by molar-refractivity contribution is 7.89. The maximum atomic E-state index is 15.6. The maximum Gasteiger partial charge on any atom is 0.407 e. The van der Waals surface area contributed by atoms with Crippen LogP contribution in [0.4, 0.5) is 18.0 Å². The molecule has 1 saturated heterocycles. The lowest BCUT2D eigenvalue weighted by Crippen LogP contribution is -2.43. The molecule has 2 atom stereocenters. The molecule has 1 aliphatic heterocycles. The summed E-state index contributed by atoms with van der Waals surface area (Å²) in [7, 11) is -4.26. The molecule has 3 aromatic heterocycles. The zero-order valence-corrected chi connectivity index (χ0v) is 22.9. The first-order chi connectivity index (χ1) is 18.9. The molecule has 0 bridgehead atoms. The highest BCUT2D eigenvalue weighted by Crippen LogP contribution is 2.42. The molecule has 212 valence electrons. The number of amides is 1. The Labute approximate surface area is 230 Å². The van der Waals surface area contributed by atoms with Crippen molar-refractivity contribution in [2.75, 3.05) is 6.54 Å². The number of piperidine rings is 1. The topological polar surface area (TPSA) is 143 Å². The second-order valence-electron chi connectivity index (χ2n) is 10.5. The molecule has 2 aliphatic rings. The molecule has 1 unspecified atom stereocenters. The number of benzene rings is 1. The zero-order chi connectivity index (χ0) is 28.6. The number of carbonyl (C=O) groups is 1. The monoisotopic (exact) mass is 595 g/mol. The smallest absolute Gasteiger partial charge is 0.407 e. The normalized spacial score (nSPS) is 21.0. The molecule has 2 N–H and O–H groups in total. The third kappa shape index (κ3) is 4.47. The predicted molar refractivity (Wildman–Crippen MR) is 139 cm³/mol. The van der Waals surface area contributed by atoms with Crippen LogP contribution in [0.2, 0.25) is 0 Å². The van der Waals surface area contributed by atoms with Gasteiger partial charge in [0, 0.05) is 34.8 Å². The number of carboxylic acid groups (broad SMARTS) is 1. The summed E-state index contributed by atoms with van der Waals surface area (Å²) in [5.41, 5.74) is 0.287. The van der Waals surface area contributed by atoms with E-state index in [2.05, 4.69) is 24.9 Å². The van der Waals surface area contributed by atoms with E-state index in [4.69, 9.17) is 0 Å². The van der Waals surface area contributed by atoms with Gasteiger partial charge in [0.25, 0.3) is 6.43 Å². The van der Waals surface area contributed by atoms with Crippen molar-refractivity contribution in [2.45, 2.75) is 68.4 Å². The van der Waals surface area contributed by atoms with Crippen LogP contribution in [0.25, 0.3) is 27.1 Å². The van der Waals surface area contributed by atoms with Crippen molar-refractivity contribution < 1.29 is 31.5 Å². The van der Waals surface area contributed by atoms with Gasteiger partial charge in [-0.2, -0.15) is 0 Å². The highest BCUT2D eigenvalue weighted by atomic mass is 32.2. The molecule has 4 heterocycles. The molecule has 40 heavy (non-hydrogen) atoms. The fraction of sp³-hybridized carbons (Fsp3) is 0.458. The summed E-state index contributed by atoms with van der Waals surface area (Å²) in [4.78, 5) is 21.2. The summed E-state index contributed by atoms with van der Waals surface area (Å²) >= 11 is 0.611. The van der Waals surface area contributed by atoms with Crippen LogP contribution in [-0.4, -0.2) is 67.4 Å². The van der Waals surface area contributed by atoms with E-state index < -0.39 is 43.8 Å². The third-order valence-corrected chi connectivity index (χ3v) is 10.2. The van der Waals surface area contributed by atoms with Crippen LogP contribution < -0.4 is 4.72 Å². The summed E-state index contributed by atoms with van der Waals surface area (Å²) in [5, 5.41) is 17.1. The maximum absolute atomic E-state index is 15.6. The van der Waals surface area contributed by atoms with Crippen molar-refractivity contribution in [3.63, 3.8) is 0 Å². The van der Waals surface area contributed by atoms with Crippen LogP contribution in [0, 0.1) is 5.82 Å². The number of hydrogen-bond donors (Lipinski definition) is 2. The van der Waals surface area contributed by atoms with Gasteiger partial charge < -0.3 is 10.0 Å². The first-order valence-corrected chi connectivity index (χ1v) is 14.8. The Balaban J connectivity index is 1.58. The molecule has 2 fully saturated rings. The molecule has 0 spiro atoms. The number of fused-ring (bicyclic) bond motifs is 3. The number of aromatic nitrogens is 5. The number of sulfonamides is 1. The SMILES string of the molecule is C[C@H]1CC(c2ncnc3c2c2cc(F)c(S(=O)(=O)NC4(C)CC4)cc2n3-c2nnc(C(F)F)s2)CCN1C(=O)O. The molecule has 1 amide bonds. The summed E-state index contributed by atoms with van der Waals surface area (Å²) in [5.74, 6) is -1.21. The third-order valence-electron chi connectivity index (χ3n) is 7.62. The lowest BCUT2D eigenvalue weighted by atomic mass is 9.87. The van der Waals surface area contributed by atoms with Gasteiger partial charge >= 0.3 is 6.09 Å². The lowest BCUT2D eigenvalue weighted by molar-refractivity contribution is 0.106. The number of hydrogen-bond acceptors (Lipinski definition) is 8. The number of halogens is 3. The largest absolute Gasteiger partial charge is 0.465 e. The van der Waals surface area contributed by atoms with Gasteiger partial charge in [0.1, 0.15) is 17.0 Å². The second-order valence-corrected chi connectivity index (χ2v) is 13.2. The van der Waals surface area contributed by atoms with Crippen LogP contribution in [0.1, 0.15) is 62.6 Å². The quantitative estimate of drug-likeness (QED) is 0.330. The van der Waals surface area contributed by atoms with Crippen molar-refractivity contribution in [3.8, 4) is 5.13 Å². The molecule has 4 aromatic rings. The van der Waals surface area contributed by atoms with E-state index in [1.807, 2.05) is 0 Å². The zero-order valence-electron chi connectivity index (χ0n) is 21.3. The number of nitrogens with zero attached hydrogens (tertiary/aromatic N) is 6. The molecule has 1 aliphatic carbocycles. The summed E-state index contributed by atoms with van der Waals surface area (Å²) < 4.78 is 72.7. The van der Waals surface area contributed by atoms with Crippen LogP contribution in [0.3, 0.4) is 0 Å². The first-order valence-electron chi connectivity index (χ1n) is 12.5. The predicted octanol–water partition coefficient (Wildman–Crippen LogP) is 4.58. The van der Waals surface area contributed by atoms with E-state index in [0.29, 0.717) is 48.1 Å². The number of alkyl halides is 2. The Morgan fingerprint density at radius 3 is 2.62 bits per heavy atom. The Hall–Kier alpha value is -3.37. The number of rotatable bonds is 6. The second kappa shape index (κ2) is 9.34. The van der Waals surface area contributed by atoms with Gasteiger partial charge in [-0.1, -0.05) is 11.3 Å². The van der Waals surface area contributed by atoms with Crippen molar-refractivity contribution >= 4 is 49.4 Å². The van der Waals surface area contributed by atoms with Gasteiger partial charge in [-0.05, 0) is 51.7 Å². The highest BCUT2D eigenvalue weighted by Gasteiger charge is 2.42. The van der Waals surface area contributed by atoms with Crippen molar-refractivity contribution in [1.29, 1.82) is 0 Å². The first kappa shape index (κ1) is 26.8. The van der Waals surface area contributed by atoms with Gasteiger partial charge in [0.2, 0.25) is 15.2 Å². The summed E-state index contributed by atoms with van der Waals surface area (Å²) in [6, 6.07) is 1.94. The van der Waals surface area contributed by atoms with E-state index >= 15 is 4.39 Å². The minimum absolute atomic E-state index is 0.00563. The van der Waals surface area contributed by atoms with Crippen LogP contribution in [0.5, 0.6) is 0 Å². The molecule has 1 saturated carbocycles. The van der Waals surface area contributed by atoms with Gasteiger partial charge in [-0.3, -0.25) is 4.57 Å². The van der Waals surface area contributed by atoms with E-state index in [1.165, 1.54) is 15.8 Å². The summed E-state index contributed by atoms with van der Waals surface area (Å²) in [6.45, 7) is 3.78. The van der Waals surface area contributed by atoms with Gasteiger partial charge in [0.15, 0.2) is 10.7 Å². The van der Waals surface area contributed by atoms with E-state index in [1.54, 1.807) is 13.8 Å². The molecule has 1 aromatic carbocycles. The Kier molecular flexibility index (Phi) is 6.27. The van der Waals surface area contributed by atoms with Gasteiger partial charge in [-0.25, -0.2) is 41.1 Å². The minimum Gasteiger partial charge on any atom is -0.465 e. The van der Waals surface area contributed by atoms with Crippen LogP contribution in [0.15, 0.2) is 23.4 Å². The molecule has 16 heteroatoms. The lowest BCUT2D eigenvalue weighted by Gasteiger charge is -2.35. The van der Waals surface area contributed by atoms with Crippen molar-refractivity contribution in [2.24, 2.45) is 0 Å². The average molecular weight is 596 g/mol. The molecular formula is C24H24F3N7O4S2. The number of nitrogens with one attached hydrogen (secondary N) is 1. The van der Waals surface area contributed by atoms with Gasteiger partial charge in [0.05, 0.1) is 11.2 Å². The van der Waals surface area contributed by atoms with Crippen molar-refractivity contribution in [1.82, 2.24) is 34.4 Å². The molecular weight excluding hydrogens is 571 g/mol. The molecule has 11 nitrogen and oxygen atoms in total. The fourth-order valence-corrected chi connectivity index (χ4v) is 7.61. The Morgan fingerprint density at radius 1 is 1.25 bits per heavy atom. The summed E-state index contributed by atoms with van der Waals surface area (Å²) in [6.07, 6.45) is -0.475. The Bertz CT molecular complexity index is 1770. The average Bonchev–Trinajstić information content (AvgIpc) is 3.28. The van der Waals surface area contributed by atoms with Crippen LogP contribution in [-0.2, 0) is 10.0 Å².